The lowest BCUT2D eigenvalue weighted by Crippen LogP contribution is -2.48. The van der Waals surface area contributed by atoms with Crippen molar-refractivity contribution >= 4 is 18.0 Å². The molecule has 2 aliphatic carbocycles. The molecule has 0 heterocycles. The Labute approximate surface area is 200 Å². The lowest BCUT2D eigenvalue weighted by atomic mass is 9.79. The third kappa shape index (κ3) is 5.08. The Bertz CT molecular complexity index is 1020. The number of benzene rings is 2. The molecule has 7 heteroatoms. The first-order valence-electron chi connectivity index (χ1n) is 11.9. The van der Waals surface area contributed by atoms with Gasteiger partial charge in [-0.1, -0.05) is 55.5 Å². The van der Waals surface area contributed by atoms with Crippen LogP contribution in [-0.4, -0.2) is 54.2 Å². The summed E-state index contributed by atoms with van der Waals surface area (Å²) in [6.07, 6.45) is 1.63. The number of nitrogens with zero attached hydrogens (tertiary/aromatic N) is 1. The second-order valence-electron chi connectivity index (χ2n) is 9.52. The lowest BCUT2D eigenvalue weighted by molar-refractivity contribution is -0.150. The molecule has 0 aliphatic heterocycles. The van der Waals surface area contributed by atoms with Gasteiger partial charge in [-0.2, -0.15) is 0 Å². The molecule has 0 bridgehead atoms. The molecule has 34 heavy (non-hydrogen) atoms. The highest BCUT2D eigenvalue weighted by Crippen LogP contribution is 2.44. The number of carbonyl (C=O) groups is 3. The minimum atomic E-state index is -0.787. The van der Waals surface area contributed by atoms with Gasteiger partial charge in [0.05, 0.1) is 5.92 Å². The number of carboxylic acid groups (broad SMARTS) is 1. The summed E-state index contributed by atoms with van der Waals surface area (Å²) >= 11 is 0. The van der Waals surface area contributed by atoms with Gasteiger partial charge in [-0.15, -0.1) is 0 Å². The van der Waals surface area contributed by atoms with Gasteiger partial charge in [0, 0.05) is 32.0 Å². The Morgan fingerprint density at radius 2 is 1.65 bits per heavy atom. The van der Waals surface area contributed by atoms with Crippen LogP contribution in [0.5, 0.6) is 0 Å². The molecule has 1 saturated carbocycles. The molecule has 2 aromatic rings. The van der Waals surface area contributed by atoms with Gasteiger partial charge in [-0.3, -0.25) is 9.59 Å². The molecule has 180 valence electrons. The molecule has 4 rings (SSSR count). The summed E-state index contributed by atoms with van der Waals surface area (Å²) in [5.41, 5.74) is 4.73. The van der Waals surface area contributed by atoms with Gasteiger partial charge >= 0.3 is 12.1 Å². The summed E-state index contributed by atoms with van der Waals surface area (Å²) in [6.45, 7) is 2.68. The largest absolute Gasteiger partial charge is 0.481 e. The Hall–Kier alpha value is -3.35. The standard InChI is InChI=1S/C27H32N2O5/c1-17(13-25(30)29(2)19-14-18(15-19)26(31)32)11-12-28-27(33)34-16-24-22-9-5-3-7-20(22)21-8-4-6-10-23(21)24/h3-10,17-19,24H,11-16H2,1-2H3,(H,28,33)(H,31,32). The van der Waals surface area contributed by atoms with E-state index < -0.39 is 12.1 Å². The van der Waals surface area contributed by atoms with Gasteiger partial charge < -0.3 is 20.1 Å². The normalized spacial score (nSPS) is 19.4. The molecule has 0 radical (unpaired) electrons. The van der Waals surface area contributed by atoms with E-state index in [1.54, 1.807) is 11.9 Å². The molecule has 1 fully saturated rings. The van der Waals surface area contributed by atoms with E-state index in [4.69, 9.17) is 9.84 Å². The minimum Gasteiger partial charge on any atom is -0.481 e. The number of carboxylic acids is 1. The SMILES string of the molecule is CC(CCNC(=O)OCC1c2ccccc2-c2ccccc21)CC(=O)N(C)C1CC(C(=O)O)C1. The third-order valence-electron chi connectivity index (χ3n) is 7.18. The van der Waals surface area contributed by atoms with E-state index in [2.05, 4.69) is 29.6 Å². The number of fused-ring (bicyclic) bond motifs is 3. The van der Waals surface area contributed by atoms with Crippen molar-refractivity contribution in [2.24, 2.45) is 11.8 Å². The first-order chi connectivity index (χ1) is 16.3. The molecule has 0 saturated heterocycles. The molecule has 2 N–H and O–H groups in total. The van der Waals surface area contributed by atoms with E-state index in [0.717, 1.165) is 0 Å². The van der Waals surface area contributed by atoms with Crippen LogP contribution in [0.15, 0.2) is 48.5 Å². The zero-order chi connectivity index (χ0) is 24.2. The third-order valence-corrected chi connectivity index (χ3v) is 7.18. The highest BCUT2D eigenvalue weighted by molar-refractivity contribution is 5.79. The van der Waals surface area contributed by atoms with Gasteiger partial charge in [0.25, 0.3) is 0 Å². The van der Waals surface area contributed by atoms with Crippen LogP contribution >= 0.6 is 0 Å². The molecular weight excluding hydrogens is 432 g/mol. The second-order valence-corrected chi connectivity index (χ2v) is 9.52. The Balaban J connectivity index is 1.18. The van der Waals surface area contributed by atoms with Gasteiger partial charge in [0.2, 0.25) is 5.91 Å². The number of aliphatic carboxylic acids is 1. The van der Waals surface area contributed by atoms with E-state index in [1.807, 2.05) is 31.2 Å². The molecule has 2 amide bonds. The van der Waals surface area contributed by atoms with E-state index >= 15 is 0 Å². The number of rotatable bonds is 9. The van der Waals surface area contributed by atoms with Gasteiger partial charge in [0.1, 0.15) is 6.61 Å². The summed E-state index contributed by atoms with van der Waals surface area (Å²) in [5, 5.41) is 11.8. The van der Waals surface area contributed by atoms with Crippen molar-refractivity contribution in [3.63, 3.8) is 0 Å². The summed E-state index contributed by atoms with van der Waals surface area (Å²) in [7, 11) is 1.74. The van der Waals surface area contributed by atoms with Crippen LogP contribution in [0, 0.1) is 11.8 Å². The number of amides is 2. The quantitative estimate of drug-likeness (QED) is 0.578. The van der Waals surface area contributed by atoms with E-state index in [-0.39, 0.29) is 36.3 Å². The highest BCUT2D eigenvalue weighted by atomic mass is 16.5. The minimum absolute atomic E-state index is 0.0137. The maximum atomic E-state index is 12.5. The van der Waals surface area contributed by atoms with Crippen molar-refractivity contribution in [1.29, 1.82) is 0 Å². The van der Waals surface area contributed by atoms with Gasteiger partial charge in [-0.05, 0) is 47.4 Å². The zero-order valence-corrected chi connectivity index (χ0v) is 19.7. The van der Waals surface area contributed by atoms with Crippen molar-refractivity contribution < 1.29 is 24.2 Å². The lowest BCUT2D eigenvalue weighted by Gasteiger charge is -2.39. The summed E-state index contributed by atoms with van der Waals surface area (Å²) in [4.78, 5) is 37.4. The number of hydrogen-bond donors (Lipinski definition) is 2. The highest BCUT2D eigenvalue weighted by Gasteiger charge is 2.38. The van der Waals surface area contributed by atoms with Crippen LogP contribution in [0.3, 0.4) is 0 Å². The molecule has 0 aromatic heterocycles. The van der Waals surface area contributed by atoms with Crippen LogP contribution in [0.25, 0.3) is 11.1 Å². The van der Waals surface area contributed by atoms with E-state index in [1.165, 1.54) is 22.3 Å². The topological polar surface area (TPSA) is 95.9 Å². The van der Waals surface area contributed by atoms with Crippen molar-refractivity contribution in [2.45, 2.75) is 44.6 Å². The zero-order valence-electron chi connectivity index (χ0n) is 19.7. The molecule has 1 atom stereocenters. The van der Waals surface area contributed by atoms with Crippen LogP contribution < -0.4 is 5.32 Å². The summed E-state index contributed by atoms with van der Waals surface area (Å²) in [5.74, 6) is -0.983. The monoisotopic (exact) mass is 464 g/mol. The van der Waals surface area contributed by atoms with Crippen LogP contribution in [-0.2, 0) is 14.3 Å². The molecular formula is C27H32N2O5. The molecule has 1 unspecified atom stereocenters. The predicted octanol–water partition coefficient (Wildman–Crippen LogP) is 4.26. The number of carbonyl (C=O) groups excluding carboxylic acids is 2. The van der Waals surface area contributed by atoms with Crippen LogP contribution in [0.2, 0.25) is 0 Å². The van der Waals surface area contributed by atoms with E-state index in [0.29, 0.717) is 32.2 Å². The van der Waals surface area contributed by atoms with Crippen molar-refractivity contribution in [3.05, 3.63) is 59.7 Å². The average molecular weight is 465 g/mol. The average Bonchev–Trinajstić information content (AvgIpc) is 3.10. The number of alkyl carbamates (subject to hydrolysis) is 1. The van der Waals surface area contributed by atoms with Crippen molar-refractivity contribution in [3.8, 4) is 11.1 Å². The summed E-state index contributed by atoms with van der Waals surface area (Å²) < 4.78 is 5.55. The van der Waals surface area contributed by atoms with Gasteiger partial charge in [-0.25, -0.2) is 4.79 Å². The molecule has 0 spiro atoms. The number of hydrogen-bond acceptors (Lipinski definition) is 4. The summed E-state index contributed by atoms with van der Waals surface area (Å²) in [6, 6.07) is 16.4. The smallest absolute Gasteiger partial charge is 0.407 e. The Morgan fingerprint density at radius 3 is 2.24 bits per heavy atom. The number of nitrogens with one attached hydrogen (secondary N) is 1. The maximum Gasteiger partial charge on any atom is 0.407 e. The van der Waals surface area contributed by atoms with Crippen LogP contribution in [0.4, 0.5) is 4.79 Å². The van der Waals surface area contributed by atoms with Gasteiger partial charge in [0.15, 0.2) is 0 Å². The fraction of sp³-hybridized carbons (Fsp3) is 0.444. The molecule has 2 aromatic carbocycles. The fourth-order valence-electron chi connectivity index (χ4n) is 4.92. The van der Waals surface area contributed by atoms with Crippen molar-refractivity contribution in [2.75, 3.05) is 20.2 Å². The molecule has 7 nitrogen and oxygen atoms in total. The van der Waals surface area contributed by atoms with E-state index in [9.17, 15) is 14.4 Å². The Kier molecular flexibility index (Phi) is 7.20. The Morgan fingerprint density at radius 1 is 1.06 bits per heavy atom. The first-order valence-corrected chi connectivity index (χ1v) is 11.9. The first kappa shape index (κ1) is 23.8. The predicted molar refractivity (Wildman–Crippen MR) is 128 cm³/mol. The fourth-order valence-corrected chi connectivity index (χ4v) is 4.92. The second kappa shape index (κ2) is 10.3. The molecule has 2 aliphatic rings. The number of ether oxygens (including phenoxy) is 1. The van der Waals surface area contributed by atoms with Crippen molar-refractivity contribution in [1.82, 2.24) is 10.2 Å². The maximum absolute atomic E-state index is 12.5. The van der Waals surface area contributed by atoms with Crippen LogP contribution in [0.1, 0.15) is 49.7 Å².